The monoisotopic (exact) mass is 1660 g/mol. The molecule has 0 radical (unpaired) electrons. The lowest BCUT2D eigenvalue weighted by Crippen LogP contribution is -2.24. The molecule has 0 atom stereocenters. The Balaban J connectivity index is 0.000000105. The molecule has 0 spiro atoms. The lowest BCUT2D eigenvalue weighted by molar-refractivity contribution is 0.601. The third-order valence-electron chi connectivity index (χ3n) is 30.7. The van der Waals surface area contributed by atoms with Crippen molar-refractivity contribution in [1.29, 1.82) is 0 Å². The van der Waals surface area contributed by atoms with Gasteiger partial charge in [-0.25, -0.2) is 15.0 Å². The van der Waals surface area contributed by atoms with Crippen molar-refractivity contribution in [1.82, 2.24) is 28.7 Å². The molecule has 129 heavy (non-hydrogen) atoms. The topological polar surface area (TPSA) is 53.5 Å². The summed E-state index contributed by atoms with van der Waals surface area (Å²) >= 11 is 0. The first-order valence-electron chi connectivity index (χ1n) is 45.7. The SMILES string of the molecule is CC1(C)c2ccccc2-c2c1ccc1c2-c2cc3c4ccccc4n(-c4cc(-c5ccccc5)ccn4)c3cc2C1(C)C.CC1(C)c2ccccc2-c2cc3c(cc21)C(C)(C)c1cc2c(cc1-3)c1ccccc1n2-c1cc(-c2ccccc2)ccn1.CC1(C)c2ccccc2-c2ccc3c(c21)C(C)(C)c1cc2c(cc1-3)c1ccccc1n2-c1cccc(-c2ccccc2)n1. The van der Waals surface area contributed by atoms with Gasteiger partial charge in [-0.2, -0.15) is 0 Å². The molecule has 6 heteroatoms. The number of rotatable bonds is 6. The van der Waals surface area contributed by atoms with Gasteiger partial charge in [0, 0.05) is 82.8 Å². The van der Waals surface area contributed by atoms with E-state index in [1.807, 2.05) is 12.4 Å². The van der Waals surface area contributed by atoms with Gasteiger partial charge in [-0.3, -0.25) is 13.7 Å². The van der Waals surface area contributed by atoms with Crippen LogP contribution in [0.15, 0.2) is 364 Å². The minimum absolute atomic E-state index is 0.0151. The lowest BCUT2D eigenvalue weighted by atomic mass is 9.72. The van der Waals surface area contributed by atoms with E-state index in [1.165, 1.54) is 221 Å². The number of pyridine rings is 3. The van der Waals surface area contributed by atoms with Crippen LogP contribution in [-0.2, 0) is 32.5 Å². The maximum Gasteiger partial charge on any atom is 0.138 e. The van der Waals surface area contributed by atoms with Crippen LogP contribution in [0.4, 0.5) is 0 Å². The van der Waals surface area contributed by atoms with Crippen molar-refractivity contribution >= 4 is 65.4 Å². The number of nitrogens with zero attached hydrogens (tertiary/aromatic N) is 6. The zero-order chi connectivity index (χ0) is 87.3. The van der Waals surface area contributed by atoms with Gasteiger partial charge in [-0.05, 0) is 253 Å². The Morgan fingerprint density at radius 3 is 1.05 bits per heavy atom. The van der Waals surface area contributed by atoms with E-state index in [1.54, 1.807) is 0 Å². The fraction of sp³-hybridized carbons (Fsp3) is 0.146. The molecular formula is C123H96N6. The Kier molecular flexibility index (Phi) is 16.2. The molecule has 6 aliphatic rings. The zero-order valence-corrected chi connectivity index (χ0v) is 74.8. The van der Waals surface area contributed by atoms with E-state index in [0.29, 0.717) is 0 Å². The zero-order valence-electron chi connectivity index (χ0n) is 74.8. The van der Waals surface area contributed by atoms with Crippen molar-refractivity contribution in [2.24, 2.45) is 0 Å². The number of para-hydroxylation sites is 3. The average Bonchev–Trinajstić information content (AvgIpc) is 1.52. The molecule has 27 rings (SSSR count). The molecule has 0 bridgehead atoms. The normalized spacial score (nSPS) is 15.3. The molecule has 6 heterocycles. The summed E-state index contributed by atoms with van der Waals surface area (Å²) < 4.78 is 7.08. The van der Waals surface area contributed by atoms with Gasteiger partial charge in [-0.15, -0.1) is 0 Å². The summed E-state index contributed by atoms with van der Waals surface area (Å²) in [6.07, 6.45) is 3.88. The van der Waals surface area contributed by atoms with Crippen molar-refractivity contribution in [3.63, 3.8) is 0 Å². The molecule has 0 saturated carbocycles. The van der Waals surface area contributed by atoms with Crippen LogP contribution in [0, 0.1) is 0 Å². The van der Waals surface area contributed by atoms with Gasteiger partial charge in [0.05, 0.1) is 38.8 Å². The molecule has 6 aromatic heterocycles. The third-order valence-corrected chi connectivity index (χ3v) is 30.7. The van der Waals surface area contributed by atoms with Crippen LogP contribution in [0.1, 0.15) is 150 Å². The van der Waals surface area contributed by atoms with Gasteiger partial charge in [0.15, 0.2) is 0 Å². The number of fused-ring (bicyclic) bond motifs is 29. The highest BCUT2D eigenvalue weighted by molar-refractivity contribution is 6.16. The first kappa shape index (κ1) is 76.6. The molecule has 0 saturated heterocycles. The van der Waals surface area contributed by atoms with Gasteiger partial charge in [0.1, 0.15) is 17.5 Å². The number of hydrogen-bond acceptors (Lipinski definition) is 3. The minimum atomic E-state index is -0.149. The molecule has 0 fully saturated rings. The Morgan fingerprint density at radius 2 is 0.527 bits per heavy atom. The van der Waals surface area contributed by atoms with E-state index in [4.69, 9.17) is 15.0 Å². The van der Waals surface area contributed by atoms with Crippen LogP contribution in [0.3, 0.4) is 0 Å². The standard InChI is InChI=1S/3C41H32N2/c1-40(2)32-17-10-8-15-26(32)28-21-22-29-30-23-31-27-16-9-11-19-35(27)43(36(31)24-33(30)41(3,4)39(29)38(28)40)37-20-12-18-34(42-37)25-13-6-5-7-14-25;1-40(2)31-16-10-8-15-28(31)38-32(40)18-19-33-39(38)30-23-29-27-14-9-11-17-35(27)43(36(29)24-34(30)41(33,3)4)37-22-26(20-21-42-37)25-12-6-5-7-13-25;1-40(2)33-16-10-8-14-27(33)29-21-30-31-22-32-28-15-9-11-17-37(28)43(38(32)24-36(31)41(3,4)35(30)23-34(29)40)39-20-26(18-19-42-39)25-12-6-5-7-13-25/h3*5-24H,1-4H3. The van der Waals surface area contributed by atoms with Gasteiger partial charge < -0.3 is 0 Å². The smallest absolute Gasteiger partial charge is 0.138 e. The Bertz CT molecular complexity index is 8400. The van der Waals surface area contributed by atoms with Crippen molar-refractivity contribution in [3.8, 4) is 118 Å². The number of benzene rings is 15. The third kappa shape index (κ3) is 10.8. The van der Waals surface area contributed by atoms with E-state index in [-0.39, 0.29) is 32.5 Å². The number of hydrogen-bond donors (Lipinski definition) is 0. The predicted molar refractivity (Wildman–Crippen MR) is 537 cm³/mol. The minimum Gasteiger partial charge on any atom is -0.294 e. The molecule has 0 amide bonds. The van der Waals surface area contributed by atoms with Gasteiger partial charge in [0.2, 0.25) is 0 Å². The summed E-state index contributed by atoms with van der Waals surface area (Å²) in [6.45, 7) is 28.7. The second-order valence-corrected chi connectivity index (χ2v) is 39.7. The van der Waals surface area contributed by atoms with Gasteiger partial charge in [-0.1, -0.05) is 338 Å². The van der Waals surface area contributed by atoms with Crippen molar-refractivity contribution in [3.05, 3.63) is 431 Å². The Labute approximate surface area is 753 Å². The van der Waals surface area contributed by atoms with E-state index >= 15 is 0 Å². The molecule has 6 aliphatic carbocycles. The molecule has 618 valence electrons. The molecule has 15 aromatic carbocycles. The van der Waals surface area contributed by atoms with E-state index in [0.717, 1.165) is 28.7 Å². The van der Waals surface area contributed by atoms with Crippen LogP contribution in [0.25, 0.3) is 183 Å². The largest absolute Gasteiger partial charge is 0.294 e. The van der Waals surface area contributed by atoms with Crippen molar-refractivity contribution in [2.45, 2.75) is 116 Å². The van der Waals surface area contributed by atoms with Gasteiger partial charge >= 0.3 is 0 Å². The maximum atomic E-state index is 5.21. The van der Waals surface area contributed by atoms with Gasteiger partial charge in [0.25, 0.3) is 0 Å². The highest BCUT2D eigenvalue weighted by Gasteiger charge is 2.49. The molecule has 0 N–H and O–H groups in total. The maximum absolute atomic E-state index is 5.21. The Morgan fingerprint density at radius 1 is 0.186 bits per heavy atom. The summed E-state index contributed by atoms with van der Waals surface area (Å²) in [5.74, 6) is 2.83. The van der Waals surface area contributed by atoms with Crippen molar-refractivity contribution < 1.29 is 0 Å². The summed E-state index contributed by atoms with van der Waals surface area (Å²) in [7, 11) is 0. The van der Waals surface area contributed by atoms with Crippen LogP contribution in [-0.4, -0.2) is 28.7 Å². The Hall–Kier alpha value is -14.9. The van der Waals surface area contributed by atoms with Crippen molar-refractivity contribution in [2.75, 3.05) is 0 Å². The fourth-order valence-corrected chi connectivity index (χ4v) is 24.3. The van der Waals surface area contributed by atoms with E-state index in [9.17, 15) is 0 Å². The molecule has 0 unspecified atom stereocenters. The van der Waals surface area contributed by atoms with Crippen LogP contribution >= 0.6 is 0 Å². The molecule has 6 nitrogen and oxygen atoms in total. The van der Waals surface area contributed by atoms with E-state index in [2.05, 4.69) is 449 Å². The highest BCUT2D eigenvalue weighted by Crippen LogP contribution is 2.64. The quantitative estimate of drug-likeness (QED) is 0.167. The van der Waals surface area contributed by atoms with Crippen LogP contribution in [0.2, 0.25) is 0 Å². The summed E-state index contributed by atoms with van der Waals surface area (Å²) in [6, 6.07) is 129. The average molecular weight is 1660 g/mol. The summed E-state index contributed by atoms with van der Waals surface area (Å²) in [4.78, 5) is 15.1. The van der Waals surface area contributed by atoms with Crippen LogP contribution in [0.5, 0.6) is 0 Å². The second-order valence-electron chi connectivity index (χ2n) is 39.7. The van der Waals surface area contributed by atoms with Crippen LogP contribution < -0.4 is 0 Å². The molecular weight excluding hydrogens is 1560 g/mol. The molecule has 0 aliphatic heterocycles. The first-order valence-corrected chi connectivity index (χ1v) is 45.7. The summed E-state index contributed by atoms with van der Waals surface area (Å²) in [5.41, 5.74) is 47.2. The summed E-state index contributed by atoms with van der Waals surface area (Å²) in [5, 5.41) is 7.58. The number of aromatic nitrogens is 6. The second kappa shape index (κ2) is 27.3. The lowest BCUT2D eigenvalue weighted by Gasteiger charge is -2.30. The molecule has 21 aromatic rings. The first-order chi connectivity index (χ1) is 62.5. The predicted octanol–water partition coefficient (Wildman–Crippen LogP) is 31.4. The fourth-order valence-electron chi connectivity index (χ4n) is 24.3. The van der Waals surface area contributed by atoms with E-state index < -0.39 is 0 Å². The highest BCUT2D eigenvalue weighted by atomic mass is 15.1.